The molecule has 0 aromatic carbocycles. The van der Waals surface area contributed by atoms with E-state index in [0.717, 1.165) is 0 Å². The number of nitrogens with one attached hydrogen (secondary N) is 2. The van der Waals surface area contributed by atoms with E-state index in [9.17, 15) is 0 Å². The Labute approximate surface area is 79.2 Å². The zero-order chi connectivity index (χ0) is 9.56. The molecule has 0 atom stereocenters. The molecule has 12 heavy (non-hydrogen) atoms. The molecule has 0 unspecified atom stereocenters. The Bertz CT molecular complexity index is 129. The van der Waals surface area contributed by atoms with Gasteiger partial charge in [-0.2, -0.15) is 0 Å². The molecule has 2 nitrogen and oxygen atoms in total. The Morgan fingerprint density at radius 3 is 1.83 bits per heavy atom. The molecule has 3 heteroatoms. The maximum atomic E-state index is 3.38. The van der Waals surface area contributed by atoms with Gasteiger partial charge in [0.1, 0.15) is 0 Å². The lowest BCUT2D eigenvalue weighted by molar-refractivity contribution is 0.565. The molecule has 0 spiro atoms. The first-order valence-electron chi connectivity index (χ1n) is 4.79. The molecule has 0 aliphatic rings. The molecule has 0 saturated carbocycles. The van der Waals surface area contributed by atoms with Gasteiger partial charge in [-0.05, 0) is 39.8 Å². The van der Waals surface area contributed by atoms with Crippen LogP contribution >= 0.6 is 0 Å². The van der Waals surface area contributed by atoms with Gasteiger partial charge in [0.05, 0.1) is 5.82 Å². The zero-order valence-corrected chi connectivity index (χ0v) is 10.9. The lowest BCUT2D eigenvalue weighted by Crippen LogP contribution is -2.34. The highest BCUT2D eigenvalue weighted by molar-refractivity contribution is 6.09. The Kier molecular flexibility index (Phi) is 5.89. The lowest BCUT2D eigenvalue weighted by Gasteiger charge is -2.18. The molecule has 0 rings (SSSR count). The SMILES string of the molecule is CC(C)NC(=CC[SiH3])NC(C)C. The van der Waals surface area contributed by atoms with Gasteiger partial charge in [0, 0.05) is 22.3 Å². The van der Waals surface area contributed by atoms with Crippen molar-refractivity contribution in [3.8, 4) is 0 Å². The van der Waals surface area contributed by atoms with Crippen molar-refractivity contribution in [3.05, 3.63) is 11.9 Å². The van der Waals surface area contributed by atoms with Crippen molar-refractivity contribution in [2.24, 2.45) is 0 Å². The van der Waals surface area contributed by atoms with Gasteiger partial charge in [0.15, 0.2) is 0 Å². The van der Waals surface area contributed by atoms with Crippen LogP contribution in [0.3, 0.4) is 0 Å². The standard InChI is InChI=1S/C9H22N2Si/c1-7(2)10-9(5-6-12)11-8(3)4/h5,7-8,10-11H,6H2,1-4,12H3. The minimum absolute atomic E-state index is 0.510. The predicted octanol–water partition coefficient (Wildman–Crippen LogP) is 0.607. The molecule has 0 heterocycles. The lowest BCUT2D eigenvalue weighted by atomic mass is 10.3. The third-order valence-electron chi connectivity index (χ3n) is 1.30. The van der Waals surface area contributed by atoms with Crippen molar-refractivity contribution in [1.29, 1.82) is 0 Å². The molecule has 0 fully saturated rings. The van der Waals surface area contributed by atoms with E-state index in [1.807, 2.05) is 0 Å². The van der Waals surface area contributed by atoms with Gasteiger partial charge < -0.3 is 10.6 Å². The third kappa shape index (κ3) is 6.28. The minimum atomic E-state index is 0.510. The van der Waals surface area contributed by atoms with Crippen molar-refractivity contribution in [2.45, 2.75) is 45.8 Å². The van der Waals surface area contributed by atoms with Crippen LogP contribution in [-0.2, 0) is 0 Å². The van der Waals surface area contributed by atoms with E-state index < -0.39 is 0 Å². The summed E-state index contributed by atoms with van der Waals surface area (Å²) in [7, 11) is 1.23. The summed E-state index contributed by atoms with van der Waals surface area (Å²) < 4.78 is 0. The van der Waals surface area contributed by atoms with Crippen LogP contribution in [-0.4, -0.2) is 22.3 Å². The van der Waals surface area contributed by atoms with Crippen molar-refractivity contribution in [3.63, 3.8) is 0 Å². The summed E-state index contributed by atoms with van der Waals surface area (Å²) in [6.45, 7) is 8.62. The fourth-order valence-corrected chi connectivity index (χ4v) is 1.39. The first-order valence-corrected chi connectivity index (χ1v) is 6.20. The molecule has 0 radical (unpaired) electrons. The summed E-state index contributed by atoms with van der Waals surface area (Å²) in [6, 6.07) is 2.22. The van der Waals surface area contributed by atoms with Gasteiger partial charge in [-0.15, -0.1) is 0 Å². The molecule has 0 bridgehead atoms. The van der Waals surface area contributed by atoms with Crippen LogP contribution in [0.4, 0.5) is 0 Å². The van der Waals surface area contributed by atoms with Crippen LogP contribution in [0, 0.1) is 0 Å². The third-order valence-corrected chi connectivity index (χ3v) is 1.70. The summed E-state index contributed by atoms with van der Waals surface area (Å²) in [4.78, 5) is 0. The maximum absolute atomic E-state index is 3.38. The molecule has 0 aromatic rings. The van der Waals surface area contributed by atoms with Gasteiger partial charge in [-0.1, -0.05) is 0 Å². The Morgan fingerprint density at radius 2 is 1.58 bits per heavy atom. The Morgan fingerprint density at radius 1 is 1.17 bits per heavy atom. The summed E-state index contributed by atoms with van der Waals surface area (Å²) in [5.74, 6) is 1.19. The van der Waals surface area contributed by atoms with Gasteiger partial charge in [0.25, 0.3) is 0 Å². The first kappa shape index (κ1) is 11.6. The molecule has 2 N–H and O–H groups in total. The van der Waals surface area contributed by atoms with E-state index in [0.29, 0.717) is 12.1 Å². The van der Waals surface area contributed by atoms with Gasteiger partial charge >= 0.3 is 0 Å². The second-order valence-electron chi connectivity index (χ2n) is 3.62. The van der Waals surface area contributed by atoms with Crippen LogP contribution in [0.25, 0.3) is 0 Å². The molecule has 0 amide bonds. The predicted molar refractivity (Wildman–Crippen MR) is 59.4 cm³/mol. The molecule has 0 aliphatic carbocycles. The van der Waals surface area contributed by atoms with Crippen LogP contribution in [0.1, 0.15) is 27.7 Å². The normalized spacial score (nSPS) is 10.5. The Balaban J connectivity index is 3.96. The summed E-state index contributed by atoms with van der Waals surface area (Å²) in [5.41, 5.74) is 0. The summed E-state index contributed by atoms with van der Waals surface area (Å²) in [6.07, 6.45) is 2.24. The summed E-state index contributed by atoms with van der Waals surface area (Å²) >= 11 is 0. The van der Waals surface area contributed by atoms with Gasteiger partial charge in [0.2, 0.25) is 0 Å². The molecule has 0 aromatic heterocycles. The van der Waals surface area contributed by atoms with E-state index in [2.05, 4.69) is 44.4 Å². The number of hydrogen-bond acceptors (Lipinski definition) is 2. The van der Waals surface area contributed by atoms with Crippen LogP contribution in [0.2, 0.25) is 6.04 Å². The molecular weight excluding hydrogens is 164 g/mol. The van der Waals surface area contributed by atoms with E-state index in [1.165, 1.54) is 22.1 Å². The Hall–Kier alpha value is -0.443. The molecule has 0 saturated heterocycles. The second kappa shape index (κ2) is 6.12. The van der Waals surface area contributed by atoms with E-state index >= 15 is 0 Å². The molecule has 72 valence electrons. The fourth-order valence-electron chi connectivity index (χ4n) is 0.986. The quantitative estimate of drug-likeness (QED) is 0.615. The average molecular weight is 186 g/mol. The van der Waals surface area contributed by atoms with Gasteiger partial charge in [-0.3, -0.25) is 0 Å². The zero-order valence-electron chi connectivity index (χ0n) is 8.94. The largest absolute Gasteiger partial charge is 0.370 e. The minimum Gasteiger partial charge on any atom is -0.370 e. The van der Waals surface area contributed by atoms with E-state index in [1.54, 1.807) is 0 Å². The monoisotopic (exact) mass is 186 g/mol. The van der Waals surface area contributed by atoms with E-state index in [4.69, 9.17) is 0 Å². The van der Waals surface area contributed by atoms with Gasteiger partial charge in [-0.25, -0.2) is 0 Å². The van der Waals surface area contributed by atoms with Crippen molar-refractivity contribution >= 4 is 10.2 Å². The van der Waals surface area contributed by atoms with Crippen LogP contribution in [0.5, 0.6) is 0 Å². The summed E-state index contributed by atoms with van der Waals surface area (Å²) in [5, 5.41) is 6.77. The van der Waals surface area contributed by atoms with Crippen molar-refractivity contribution in [2.75, 3.05) is 0 Å². The maximum Gasteiger partial charge on any atom is 0.0946 e. The van der Waals surface area contributed by atoms with Crippen molar-refractivity contribution in [1.82, 2.24) is 10.6 Å². The van der Waals surface area contributed by atoms with E-state index in [-0.39, 0.29) is 0 Å². The van der Waals surface area contributed by atoms with Crippen LogP contribution < -0.4 is 10.6 Å². The fraction of sp³-hybridized carbons (Fsp3) is 0.778. The number of allylic oxidation sites excluding steroid dienone is 1. The highest BCUT2D eigenvalue weighted by Gasteiger charge is 1.99. The van der Waals surface area contributed by atoms with Crippen LogP contribution in [0.15, 0.2) is 11.9 Å². The topological polar surface area (TPSA) is 24.1 Å². The first-order chi connectivity index (χ1) is 5.56. The number of rotatable bonds is 5. The highest BCUT2D eigenvalue weighted by Crippen LogP contribution is 1.92. The number of hydrogen-bond donors (Lipinski definition) is 2. The highest BCUT2D eigenvalue weighted by atomic mass is 28.1. The average Bonchev–Trinajstić information content (AvgIpc) is 1.84. The molecular formula is C9H22N2Si. The smallest absolute Gasteiger partial charge is 0.0946 e. The second-order valence-corrected chi connectivity index (χ2v) is 4.44. The van der Waals surface area contributed by atoms with Crippen molar-refractivity contribution < 1.29 is 0 Å². The molecule has 0 aliphatic heterocycles.